The van der Waals surface area contributed by atoms with E-state index in [9.17, 15) is 19.2 Å². The Morgan fingerprint density at radius 2 is 0.637 bits per heavy atom. The predicted octanol–water partition coefficient (Wildman–Crippen LogP) is 17.0. The minimum Gasteiger partial charge on any atom is -0.459 e. The van der Waals surface area contributed by atoms with Crippen molar-refractivity contribution in [2.24, 2.45) is 11.8 Å². The molecule has 10 aromatic rings. The Morgan fingerprint density at radius 1 is 0.379 bits per heavy atom. The number of sulfonamides is 2. The number of piperazine rings is 2. The number of para-hydroxylation sites is 2. The van der Waals surface area contributed by atoms with E-state index in [1.165, 1.54) is 144 Å². The van der Waals surface area contributed by atoms with Gasteiger partial charge in [-0.3, -0.25) is 58.0 Å². The Balaban J connectivity index is 1.01. The minimum absolute atomic E-state index is 0.0607. The number of carbonyl (C=O) groups is 8. The molecule has 16 rings (SSSR count). The molecule has 22 nitrogen and oxygen atoms in total. The molecule has 10 aromatic carbocycles. The number of rotatable bonds is 29. The molecule has 0 unspecified atom stereocenters. The van der Waals surface area contributed by atoms with E-state index in [1.54, 1.807) is 48.5 Å². The van der Waals surface area contributed by atoms with E-state index in [2.05, 4.69) is 0 Å². The molecule has 4 fully saturated rings. The van der Waals surface area contributed by atoms with Crippen molar-refractivity contribution >= 4 is 161 Å². The summed E-state index contributed by atoms with van der Waals surface area (Å²) in [6.07, 6.45) is -6.01. The Kier molecular flexibility index (Phi) is 24.2. The fourth-order valence-corrected chi connectivity index (χ4v) is 37.7. The van der Waals surface area contributed by atoms with Gasteiger partial charge in [-0.15, -0.1) is 0 Å². The molecular weight excluding hydrogens is 1770 g/mol. The van der Waals surface area contributed by atoms with Crippen molar-refractivity contribution in [3.63, 3.8) is 0 Å². The molecular formula is C92H84N6O16S10. The number of hydrogen-bond donors (Lipinski definition) is 0. The maximum absolute atomic E-state index is 18.3. The van der Waals surface area contributed by atoms with Gasteiger partial charge in [-0.2, -0.15) is 0 Å². The number of carbonyl (C=O) groups excluding carboxylic acids is 8. The van der Waals surface area contributed by atoms with Gasteiger partial charge in [-0.25, -0.2) is 25.4 Å². The standard InChI is InChI=1S/C92H84N6O16S10/c1-61(2)77(101)113-87(59-111-63(5)99)81(103)95-79-85(73-53-33-35-55-75(73)97(79)123(107,108)71-49-29-15-30-50-71,57-89(95,83(105)93(87)7)115-119-121-117-91(65-37-17-9-18-38-65,66-39-19-10-20-40-66)67-41-21-11-22-42-67)86-58-90(116-120-122-118-92(68-43-23-12-24-44-68,69-45-25-13-26-46-69)70-47-27-14-28-48-70)84(106)94(8)88(60-112-64(6)100,114-78(102)62(3)4)82(104)96(90)80(86)98(76-56-36-34-54-74(76)86)124(109,110)72-51-31-16-32-52-72/h9-56,61-62,79-80H,57-60H2,1-8H3/t79-,80-,85+,86+,87-,88-,89+,90+/m1/s1. The number of ether oxygens (including phenoxy) is 4. The van der Waals surface area contributed by atoms with Gasteiger partial charge in [0.05, 0.1) is 43.8 Å². The van der Waals surface area contributed by atoms with Crippen molar-refractivity contribution in [1.29, 1.82) is 0 Å². The van der Waals surface area contributed by atoms with Gasteiger partial charge in [-0.05, 0) is 142 Å². The molecule has 0 aromatic heterocycles. The number of anilines is 2. The molecule has 6 aliphatic rings. The van der Waals surface area contributed by atoms with Crippen LogP contribution in [-0.4, -0.2) is 145 Å². The fraction of sp³-hybridized carbons (Fsp3) is 0.261. The highest BCUT2D eigenvalue weighted by atomic mass is 33.7. The van der Waals surface area contributed by atoms with Crippen LogP contribution in [0.2, 0.25) is 0 Å². The first-order valence-corrected chi connectivity index (χ1v) is 52.1. The zero-order valence-electron chi connectivity index (χ0n) is 68.1. The summed E-state index contributed by atoms with van der Waals surface area (Å²) < 4.78 is 94.6. The third-order valence-electron chi connectivity index (χ3n) is 24.0. The van der Waals surface area contributed by atoms with Gasteiger partial charge in [-0.1, -0.05) is 304 Å². The molecule has 6 aliphatic heterocycles. The van der Waals surface area contributed by atoms with Gasteiger partial charge in [0, 0.05) is 40.8 Å². The normalized spacial score (nSPS) is 23.3. The summed E-state index contributed by atoms with van der Waals surface area (Å²) in [7, 11) is 1.06. The summed E-state index contributed by atoms with van der Waals surface area (Å²) in [6, 6.07) is 86.1. The molecule has 638 valence electrons. The molecule has 6 heterocycles. The van der Waals surface area contributed by atoms with Crippen LogP contribution >= 0.6 is 82.5 Å². The second-order valence-corrected chi connectivity index (χ2v) is 47.3. The number of esters is 4. The number of fused-ring (bicyclic) bond motifs is 11. The summed E-state index contributed by atoms with van der Waals surface area (Å²) in [5, 5.41) is 0. The molecule has 4 saturated heterocycles. The Labute approximate surface area is 750 Å². The van der Waals surface area contributed by atoms with Crippen LogP contribution in [0.3, 0.4) is 0 Å². The Morgan fingerprint density at radius 3 is 0.903 bits per heavy atom. The van der Waals surface area contributed by atoms with Gasteiger partial charge in [0.1, 0.15) is 21.8 Å². The highest BCUT2D eigenvalue weighted by Gasteiger charge is 2.89. The summed E-state index contributed by atoms with van der Waals surface area (Å²) in [5.41, 5.74) is -5.98. The lowest BCUT2D eigenvalue weighted by Crippen LogP contribution is -2.78. The average molecular weight is 1850 g/mol. The van der Waals surface area contributed by atoms with Crippen LogP contribution in [0.4, 0.5) is 11.4 Å². The Hall–Kier alpha value is -9.74. The zero-order chi connectivity index (χ0) is 87.6. The smallest absolute Gasteiger partial charge is 0.311 e. The second kappa shape index (κ2) is 34.2. The van der Waals surface area contributed by atoms with E-state index < -0.39 is 159 Å². The van der Waals surface area contributed by atoms with Crippen molar-refractivity contribution in [3.05, 3.63) is 336 Å². The fourth-order valence-electron chi connectivity index (χ4n) is 18.4. The third-order valence-corrected chi connectivity index (χ3v) is 42.2. The van der Waals surface area contributed by atoms with Gasteiger partial charge in [0.2, 0.25) is 0 Å². The molecule has 0 bridgehead atoms. The van der Waals surface area contributed by atoms with Crippen LogP contribution in [0.1, 0.15) is 98.9 Å². The minimum atomic E-state index is -5.28. The maximum Gasteiger partial charge on any atom is 0.311 e. The average Bonchev–Trinajstić information content (AvgIpc) is 1.44. The molecule has 0 N–H and O–H groups in total. The molecule has 124 heavy (non-hydrogen) atoms. The van der Waals surface area contributed by atoms with Crippen molar-refractivity contribution in [2.45, 2.75) is 118 Å². The Bertz CT molecular complexity index is 5460. The highest BCUT2D eigenvalue weighted by Crippen LogP contribution is 2.80. The van der Waals surface area contributed by atoms with Crippen molar-refractivity contribution < 1.29 is 74.1 Å². The summed E-state index contributed by atoms with van der Waals surface area (Å²) in [6.45, 7) is 5.78. The number of likely N-dealkylation sites (N-methyl/N-ethyl adjacent to an activating group) is 2. The summed E-state index contributed by atoms with van der Waals surface area (Å²) >= 11 is 0. The van der Waals surface area contributed by atoms with E-state index in [-0.39, 0.29) is 32.3 Å². The van der Waals surface area contributed by atoms with Gasteiger partial charge < -0.3 is 18.9 Å². The second-order valence-electron chi connectivity index (χ2n) is 31.4. The van der Waals surface area contributed by atoms with Gasteiger partial charge in [0.25, 0.3) is 43.7 Å². The molecule has 0 spiro atoms. The molecule has 8 atom stereocenters. The molecule has 32 heteroatoms. The first-order chi connectivity index (χ1) is 59.5. The van der Waals surface area contributed by atoms with Crippen molar-refractivity contribution in [3.8, 4) is 0 Å². The monoisotopic (exact) mass is 1850 g/mol. The number of nitrogens with zero attached hydrogens (tertiary/aromatic N) is 6. The molecule has 0 saturated carbocycles. The van der Waals surface area contributed by atoms with Crippen LogP contribution < -0.4 is 8.61 Å². The van der Waals surface area contributed by atoms with E-state index in [0.717, 1.165) is 117 Å². The lowest BCUT2D eigenvalue weighted by molar-refractivity contribution is -0.224. The predicted molar refractivity (Wildman–Crippen MR) is 490 cm³/mol. The van der Waals surface area contributed by atoms with Crippen molar-refractivity contribution in [1.82, 2.24) is 19.6 Å². The lowest BCUT2D eigenvalue weighted by atomic mass is 9.54. The number of benzene rings is 10. The molecule has 4 amide bonds. The van der Waals surface area contributed by atoms with E-state index >= 15 is 36.0 Å². The number of amides is 4. The van der Waals surface area contributed by atoms with E-state index in [1.807, 2.05) is 182 Å². The van der Waals surface area contributed by atoms with Crippen molar-refractivity contribution in [2.75, 3.05) is 35.9 Å². The quantitative estimate of drug-likeness (QED) is 0.0139. The highest BCUT2D eigenvalue weighted by molar-refractivity contribution is 9.26. The first-order valence-electron chi connectivity index (χ1n) is 39.6. The maximum atomic E-state index is 18.3. The largest absolute Gasteiger partial charge is 0.459 e. The van der Waals surface area contributed by atoms with Crippen LogP contribution in [-0.2, 0) is 97.7 Å². The zero-order valence-corrected chi connectivity index (χ0v) is 76.3. The van der Waals surface area contributed by atoms with Gasteiger partial charge in [0.15, 0.2) is 23.0 Å². The van der Waals surface area contributed by atoms with E-state index in [0.29, 0.717) is 0 Å². The van der Waals surface area contributed by atoms with Gasteiger partial charge >= 0.3 is 35.3 Å². The third kappa shape index (κ3) is 13.8. The number of hydrogen-bond acceptors (Lipinski definition) is 24. The first kappa shape index (κ1) is 87.7. The van der Waals surface area contributed by atoms with Crippen LogP contribution in [0.5, 0.6) is 0 Å². The lowest BCUT2D eigenvalue weighted by Gasteiger charge is -2.54. The van der Waals surface area contributed by atoms with Crippen LogP contribution in [0.15, 0.2) is 301 Å². The molecule has 0 radical (unpaired) electrons. The summed E-state index contributed by atoms with van der Waals surface area (Å²) in [5.74, 6) is -10.7. The van der Waals surface area contributed by atoms with Crippen LogP contribution in [0.25, 0.3) is 0 Å². The van der Waals surface area contributed by atoms with Crippen LogP contribution in [0, 0.1) is 11.8 Å². The summed E-state index contributed by atoms with van der Waals surface area (Å²) in [4.78, 5) is 128. The topological polar surface area (TPSA) is 261 Å². The molecule has 0 aliphatic carbocycles. The SMILES string of the molecule is CC(=O)OC[C@@]1(OC(=O)C(C)C)C(=O)N2[C@@H]3N(S(=O)(=O)c4ccccc4)c4ccccc4[C@@]3([C@]34C[C@]5(SSSSC(c6ccccc6)(c6ccccc6)c6ccccc6)C(=O)N(C)[C@](COC(C)=O)(OC(=O)C(C)C)C(=O)N5[C@@H]3N(S(=O)(=O)c3ccccc3)c3ccccc34)C[C@]2(SSSSC(c2ccccc2)(c2ccccc2)c2ccccc2)C(=O)N1C. The van der Waals surface area contributed by atoms with E-state index in [4.69, 9.17) is 18.9 Å².